The lowest BCUT2D eigenvalue weighted by Crippen LogP contribution is -2.31. The summed E-state index contributed by atoms with van der Waals surface area (Å²) in [6.45, 7) is 2.11. The van der Waals surface area contributed by atoms with E-state index in [0.717, 1.165) is 0 Å². The highest BCUT2D eigenvalue weighted by molar-refractivity contribution is 9.11. The first-order valence-electron chi connectivity index (χ1n) is 9.81. The van der Waals surface area contributed by atoms with Crippen molar-refractivity contribution in [2.45, 2.75) is 13.5 Å². The minimum atomic E-state index is -0.436. The van der Waals surface area contributed by atoms with Crippen LogP contribution in [0.25, 0.3) is 0 Å². The molecule has 0 radical (unpaired) electrons. The second-order valence-electron chi connectivity index (χ2n) is 6.83. The third-order valence-electron chi connectivity index (χ3n) is 4.76. The van der Waals surface area contributed by atoms with Crippen LogP contribution < -0.4 is 9.64 Å². The van der Waals surface area contributed by atoms with Crippen LogP contribution in [-0.2, 0) is 11.3 Å². The van der Waals surface area contributed by atoms with Crippen LogP contribution in [0.3, 0.4) is 0 Å². The summed E-state index contributed by atoms with van der Waals surface area (Å²) < 4.78 is 11.9. The number of amides is 1. The minimum absolute atomic E-state index is 0.101. The number of hydrogen-bond acceptors (Lipinski definition) is 4. The van der Waals surface area contributed by atoms with E-state index in [1.165, 1.54) is 12.0 Å². The summed E-state index contributed by atoms with van der Waals surface area (Å²) in [7, 11) is 1.49. The number of anilines is 1. The van der Waals surface area contributed by atoms with Crippen LogP contribution >= 0.6 is 55.1 Å². The van der Waals surface area contributed by atoms with Crippen LogP contribution in [0, 0.1) is 0 Å². The van der Waals surface area contributed by atoms with E-state index in [-0.39, 0.29) is 19.1 Å². The molecule has 0 fully saturated rings. The Kier molecular flexibility index (Phi) is 8.82. The van der Waals surface area contributed by atoms with Gasteiger partial charge in [0.25, 0.3) is 5.91 Å². The summed E-state index contributed by atoms with van der Waals surface area (Å²) in [5.74, 6) is -0.385. The van der Waals surface area contributed by atoms with E-state index in [4.69, 9.17) is 32.7 Å². The molecule has 33 heavy (non-hydrogen) atoms. The van der Waals surface area contributed by atoms with Gasteiger partial charge in [-0.25, -0.2) is 4.79 Å². The number of hydrogen-bond donors (Lipinski definition) is 0. The molecule has 0 N–H and O–H groups in total. The highest BCUT2D eigenvalue weighted by atomic mass is 79.9. The van der Waals surface area contributed by atoms with Crippen molar-refractivity contribution in [3.63, 3.8) is 0 Å². The van der Waals surface area contributed by atoms with Crippen LogP contribution in [0.4, 0.5) is 5.69 Å². The maximum atomic E-state index is 13.8. The molecule has 172 valence electrons. The first-order valence-corrected chi connectivity index (χ1v) is 12.2. The molecule has 0 bridgehead atoms. The molecule has 0 atom stereocenters. The zero-order chi connectivity index (χ0) is 24.1. The minimum Gasteiger partial charge on any atom is -0.495 e. The molecule has 9 heteroatoms. The zero-order valence-corrected chi connectivity index (χ0v) is 22.4. The third kappa shape index (κ3) is 5.90. The molecule has 3 aromatic rings. The average Bonchev–Trinajstić information content (AvgIpc) is 2.78. The fourth-order valence-corrected chi connectivity index (χ4v) is 5.09. The van der Waals surface area contributed by atoms with E-state index in [2.05, 4.69) is 31.9 Å². The maximum absolute atomic E-state index is 13.8. The molecule has 5 nitrogen and oxygen atoms in total. The lowest BCUT2D eigenvalue weighted by atomic mass is 10.1. The Balaban J connectivity index is 2.10. The largest absolute Gasteiger partial charge is 0.495 e. The summed E-state index contributed by atoms with van der Waals surface area (Å²) in [6.07, 6.45) is 0. The lowest BCUT2D eigenvalue weighted by molar-refractivity contribution is 0.0526. The van der Waals surface area contributed by atoms with E-state index in [1.54, 1.807) is 61.5 Å². The van der Waals surface area contributed by atoms with Gasteiger partial charge >= 0.3 is 5.97 Å². The van der Waals surface area contributed by atoms with Gasteiger partial charge in [-0.15, -0.1) is 0 Å². The number of methoxy groups -OCH3 is 1. The topological polar surface area (TPSA) is 55.8 Å². The molecule has 0 aliphatic heterocycles. The van der Waals surface area contributed by atoms with Gasteiger partial charge in [-0.05, 0) is 71.4 Å². The SMILES string of the molecule is CCOC(=O)c1ccc(N(Cc2c(Cl)cccc2Cl)C(=O)c2cc(Br)cc(Br)c2OC)cc1. The number of esters is 1. The van der Waals surface area contributed by atoms with Crippen molar-refractivity contribution in [1.29, 1.82) is 0 Å². The first kappa shape index (κ1) is 25.6. The van der Waals surface area contributed by atoms with Crippen molar-refractivity contribution in [2.24, 2.45) is 0 Å². The van der Waals surface area contributed by atoms with Gasteiger partial charge in [0.2, 0.25) is 0 Å². The van der Waals surface area contributed by atoms with Gasteiger partial charge in [0, 0.05) is 25.8 Å². The number of benzene rings is 3. The maximum Gasteiger partial charge on any atom is 0.338 e. The molecular formula is C24H19Br2Cl2NO4. The Morgan fingerprint density at radius 3 is 2.21 bits per heavy atom. The Morgan fingerprint density at radius 1 is 1.00 bits per heavy atom. The number of rotatable bonds is 7. The molecule has 3 rings (SSSR count). The molecule has 1 amide bonds. The smallest absolute Gasteiger partial charge is 0.338 e. The van der Waals surface area contributed by atoms with Gasteiger partial charge in [-0.1, -0.05) is 45.2 Å². The third-order valence-corrected chi connectivity index (χ3v) is 6.51. The molecule has 0 aliphatic carbocycles. The van der Waals surface area contributed by atoms with Crippen LogP contribution in [0.15, 0.2) is 63.5 Å². The summed E-state index contributed by atoms with van der Waals surface area (Å²) in [5.41, 5.74) is 1.85. The molecule has 0 heterocycles. The molecule has 0 saturated carbocycles. The van der Waals surface area contributed by atoms with Crippen LogP contribution in [0.2, 0.25) is 10.0 Å². The highest BCUT2D eigenvalue weighted by Gasteiger charge is 2.25. The molecule has 0 unspecified atom stereocenters. The van der Waals surface area contributed by atoms with E-state index >= 15 is 0 Å². The summed E-state index contributed by atoms with van der Waals surface area (Å²) in [6, 6.07) is 15.2. The monoisotopic (exact) mass is 613 g/mol. The van der Waals surface area contributed by atoms with Crippen molar-refractivity contribution in [3.8, 4) is 5.75 Å². The molecule has 0 spiro atoms. The van der Waals surface area contributed by atoms with Crippen LogP contribution in [-0.4, -0.2) is 25.6 Å². The second-order valence-corrected chi connectivity index (χ2v) is 9.41. The van der Waals surface area contributed by atoms with Gasteiger partial charge in [-0.3, -0.25) is 4.79 Å². The predicted molar refractivity (Wildman–Crippen MR) is 138 cm³/mol. The fraction of sp³-hybridized carbons (Fsp3) is 0.167. The Morgan fingerprint density at radius 2 is 1.64 bits per heavy atom. The Labute approximate surface area is 218 Å². The van der Waals surface area contributed by atoms with E-state index in [0.29, 0.717) is 47.1 Å². The van der Waals surface area contributed by atoms with Crippen molar-refractivity contribution in [2.75, 3.05) is 18.6 Å². The molecular weight excluding hydrogens is 597 g/mol. The van der Waals surface area contributed by atoms with Crippen molar-refractivity contribution in [1.82, 2.24) is 0 Å². The average molecular weight is 616 g/mol. The Bertz CT molecular complexity index is 1170. The quantitative estimate of drug-likeness (QED) is 0.258. The van der Waals surface area contributed by atoms with Gasteiger partial charge in [-0.2, -0.15) is 0 Å². The van der Waals surface area contributed by atoms with E-state index in [9.17, 15) is 9.59 Å². The number of ether oxygens (including phenoxy) is 2. The van der Waals surface area contributed by atoms with Crippen LogP contribution in [0.5, 0.6) is 5.75 Å². The van der Waals surface area contributed by atoms with Crippen LogP contribution in [0.1, 0.15) is 33.2 Å². The standard InChI is InChI=1S/C24H19Br2Cl2NO4/c1-3-33-24(31)14-7-9-16(10-8-14)29(13-18-20(27)5-4-6-21(18)28)23(30)17-11-15(25)12-19(26)22(17)32-2/h4-12H,3,13H2,1-2H3. The number of halogens is 4. The van der Waals surface area contributed by atoms with Gasteiger partial charge in [0.15, 0.2) is 0 Å². The van der Waals surface area contributed by atoms with Crippen molar-refractivity contribution < 1.29 is 19.1 Å². The van der Waals surface area contributed by atoms with Gasteiger partial charge in [0.05, 0.1) is 35.9 Å². The second kappa shape index (κ2) is 11.4. The number of nitrogens with zero attached hydrogens (tertiary/aromatic N) is 1. The molecule has 0 aromatic heterocycles. The van der Waals surface area contributed by atoms with E-state index < -0.39 is 5.97 Å². The fourth-order valence-electron chi connectivity index (χ4n) is 3.19. The first-order chi connectivity index (χ1) is 15.8. The van der Waals surface area contributed by atoms with Gasteiger partial charge in [0.1, 0.15) is 5.75 Å². The normalized spacial score (nSPS) is 10.6. The van der Waals surface area contributed by atoms with Crippen molar-refractivity contribution >= 4 is 72.6 Å². The number of carbonyl (C=O) groups excluding carboxylic acids is 2. The predicted octanol–water partition coefficient (Wildman–Crippen LogP) is 7.55. The summed E-state index contributed by atoms with van der Waals surface area (Å²) in [4.78, 5) is 27.4. The molecule has 0 saturated heterocycles. The lowest BCUT2D eigenvalue weighted by Gasteiger charge is -2.25. The van der Waals surface area contributed by atoms with Crippen molar-refractivity contribution in [3.05, 3.63) is 90.3 Å². The number of carbonyl (C=O) groups is 2. The van der Waals surface area contributed by atoms with Gasteiger partial charge < -0.3 is 14.4 Å². The summed E-state index contributed by atoms with van der Waals surface area (Å²) in [5, 5.41) is 0.872. The molecule has 0 aliphatic rings. The highest BCUT2D eigenvalue weighted by Crippen LogP contribution is 2.36. The molecule has 3 aromatic carbocycles. The van der Waals surface area contributed by atoms with E-state index in [1.807, 2.05) is 0 Å². The Hall–Kier alpha value is -2.06. The zero-order valence-electron chi connectivity index (χ0n) is 17.7. The summed E-state index contributed by atoms with van der Waals surface area (Å²) >= 11 is 19.7.